The van der Waals surface area contributed by atoms with Crippen molar-refractivity contribution in [2.24, 2.45) is 0 Å². The molecule has 0 atom stereocenters. The van der Waals surface area contributed by atoms with E-state index < -0.39 is 5.60 Å². The van der Waals surface area contributed by atoms with Crippen LogP contribution in [0.3, 0.4) is 0 Å². The van der Waals surface area contributed by atoms with Crippen LogP contribution in [0.2, 0.25) is 5.02 Å². The lowest BCUT2D eigenvalue weighted by Crippen LogP contribution is -2.42. The maximum absolute atomic E-state index is 13.2. The number of aliphatic hydroxyl groups is 1. The Morgan fingerprint density at radius 1 is 0.964 bits per heavy atom. The first-order chi connectivity index (χ1) is 13.5. The molecule has 1 saturated heterocycles. The Labute approximate surface area is 169 Å². The first-order valence-electron chi connectivity index (χ1n) is 9.43. The van der Waals surface area contributed by atoms with Gasteiger partial charge in [-0.15, -0.1) is 0 Å². The fourth-order valence-corrected chi connectivity index (χ4v) is 3.87. The number of benzene rings is 2. The zero-order valence-corrected chi connectivity index (χ0v) is 16.2. The van der Waals surface area contributed by atoms with Crippen molar-refractivity contribution in [1.29, 1.82) is 0 Å². The Morgan fingerprint density at radius 3 is 2.32 bits per heavy atom. The van der Waals surface area contributed by atoms with Crippen molar-refractivity contribution in [2.45, 2.75) is 25.0 Å². The molecular weight excluding hydrogens is 375 g/mol. The van der Waals surface area contributed by atoms with E-state index in [-0.39, 0.29) is 5.82 Å². The summed E-state index contributed by atoms with van der Waals surface area (Å²) < 4.78 is 13.2. The maximum atomic E-state index is 13.2. The number of rotatable bonds is 4. The number of nitrogens with zero attached hydrogens (tertiary/aromatic N) is 2. The molecule has 1 N–H and O–H groups in total. The van der Waals surface area contributed by atoms with Crippen LogP contribution in [-0.2, 0) is 12.1 Å². The fourth-order valence-electron chi connectivity index (χ4n) is 3.75. The van der Waals surface area contributed by atoms with Gasteiger partial charge in [0, 0.05) is 30.9 Å². The van der Waals surface area contributed by atoms with E-state index in [2.05, 4.69) is 16.0 Å². The number of hydrogen-bond acceptors (Lipinski definition) is 3. The van der Waals surface area contributed by atoms with E-state index in [1.807, 2.05) is 36.5 Å². The van der Waals surface area contributed by atoms with Gasteiger partial charge in [0.1, 0.15) is 5.82 Å². The van der Waals surface area contributed by atoms with Gasteiger partial charge in [0.15, 0.2) is 0 Å². The van der Waals surface area contributed by atoms with Crippen molar-refractivity contribution in [3.8, 4) is 11.1 Å². The van der Waals surface area contributed by atoms with Crippen molar-refractivity contribution < 1.29 is 9.50 Å². The first kappa shape index (κ1) is 19.1. The predicted molar refractivity (Wildman–Crippen MR) is 109 cm³/mol. The van der Waals surface area contributed by atoms with Crippen LogP contribution in [0.1, 0.15) is 24.1 Å². The zero-order chi connectivity index (χ0) is 19.6. The summed E-state index contributed by atoms with van der Waals surface area (Å²) in [7, 11) is 0. The van der Waals surface area contributed by atoms with Gasteiger partial charge < -0.3 is 5.11 Å². The molecule has 0 saturated carbocycles. The molecule has 2 heterocycles. The predicted octanol–water partition coefficient (Wildman–Crippen LogP) is 5.02. The minimum atomic E-state index is -0.886. The van der Waals surface area contributed by atoms with Gasteiger partial charge in [-0.25, -0.2) is 4.39 Å². The van der Waals surface area contributed by atoms with Gasteiger partial charge in [0.05, 0.1) is 11.3 Å². The normalized spacial score (nSPS) is 16.8. The highest BCUT2D eigenvalue weighted by Crippen LogP contribution is 2.33. The Morgan fingerprint density at radius 2 is 1.64 bits per heavy atom. The third-order valence-electron chi connectivity index (χ3n) is 5.44. The van der Waals surface area contributed by atoms with Crippen LogP contribution >= 0.6 is 11.6 Å². The second-order valence-electron chi connectivity index (χ2n) is 7.36. The number of piperidine rings is 1. The molecular formula is C23H22ClFN2O. The van der Waals surface area contributed by atoms with Crippen LogP contribution in [0.15, 0.2) is 66.9 Å². The number of hydrogen-bond donors (Lipinski definition) is 1. The van der Waals surface area contributed by atoms with Crippen molar-refractivity contribution in [2.75, 3.05) is 13.1 Å². The lowest BCUT2D eigenvalue weighted by molar-refractivity contribution is -0.0280. The van der Waals surface area contributed by atoms with Crippen LogP contribution in [0.25, 0.3) is 11.1 Å². The van der Waals surface area contributed by atoms with Gasteiger partial charge in [-0.2, -0.15) is 0 Å². The summed E-state index contributed by atoms with van der Waals surface area (Å²) >= 11 is 5.98. The maximum Gasteiger partial charge on any atom is 0.123 e. The highest BCUT2D eigenvalue weighted by Gasteiger charge is 2.33. The standard InChI is InChI=1S/C23H22ClFN2O/c24-20-5-1-17(2-6-20)18-9-12-26-22(15-18)16-27-13-10-23(28,11-14-27)19-3-7-21(25)8-4-19/h1-9,12,15,28H,10-11,13-14,16H2. The SMILES string of the molecule is OC1(c2ccc(F)cc2)CCN(Cc2cc(-c3ccc(Cl)cc3)ccn2)CC1. The average molecular weight is 397 g/mol. The molecule has 0 unspecified atom stereocenters. The molecule has 0 amide bonds. The van der Waals surface area contributed by atoms with E-state index in [0.717, 1.165) is 47.0 Å². The molecule has 144 valence electrons. The van der Waals surface area contributed by atoms with E-state index in [4.69, 9.17) is 11.6 Å². The largest absolute Gasteiger partial charge is 0.385 e. The van der Waals surface area contributed by atoms with E-state index in [1.165, 1.54) is 12.1 Å². The third kappa shape index (κ3) is 4.25. The second kappa shape index (κ2) is 8.00. The fraction of sp³-hybridized carbons (Fsp3) is 0.261. The van der Waals surface area contributed by atoms with E-state index in [0.29, 0.717) is 12.8 Å². The van der Waals surface area contributed by atoms with Gasteiger partial charge in [-0.1, -0.05) is 35.9 Å². The monoisotopic (exact) mass is 396 g/mol. The van der Waals surface area contributed by atoms with Gasteiger partial charge in [0.2, 0.25) is 0 Å². The van der Waals surface area contributed by atoms with Crippen LogP contribution in [-0.4, -0.2) is 28.1 Å². The minimum absolute atomic E-state index is 0.281. The molecule has 1 aliphatic rings. The number of pyridine rings is 1. The Hall–Kier alpha value is -2.27. The molecule has 0 radical (unpaired) electrons. The quantitative estimate of drug-likeness (QED) is 0.672. The molecule has 1 fully saturated rings. The third-order valence-corrected chi connectivity index (χ3v) is 5.70. The van der Waals surface area contributed by atoms with Gasteiger partial charge in [-0.3, -0.25) is 9.88 Å². The molecule has 28 heavy (non-hydrogen) atoms. The molecule has 1 aromatic heterocycles. The molecule has 1 aliphatic heterocycles. The van der Waals surface area contributed by atoms with Crippen molar-refractivity contribution in [3.05, 3.63) is 89.0 Å². The van der Waals surface area contributed by atoms with E-state index in [9.17, 15) is 9.50 Å². The summed E-state index contributed by atoms with van der Waals surface area (Å²) in [4.78, 5) is 6.81. The second-order valence-corrected chi connectivity index (χ2v) is 7.79. The Balaban J connectivity index is 1.42. The molecule has 2 aromatic carbocycles. The highest BCUT2D eigenvalue weighted by molar-refractivity contribution is 6.30. The zero-order valence-electron chi connectivity index (χ0n) is 15.5. The van der Waals surface area contributed by atoms with Crippen molar-refractivity contribution in [3.63, 3.8) is 0 Å². The van der Waals surface area contributed by atoms with E-state index in [1.54, 1.807) is 12.1 Å². The van der Waals surface area contributed by atoms with Gasteiger partial charge >= 0.3 is 0 Å². The Kier molecular flexibility index (Phi) is 5.44. The van der Waals surface area contributed by atoms with Crippen LogP contribution in [0.4, 0.5) is 4.39 Å². The Bertz CT molecular complexity index is 936. The molecule has 5 heteroatoms. The summed E-state index contributed by atoms with van der Waals surface area (Å²) in [5, 5.41) is 11.7. The summed E-state index contributed by atoms with van der Waals surface area (Å²) in [6.07, 6.45) is 3.07. The number of likely N-dealkylation sites (tertiary alicyclic amines) is 1. The van der Waals surface area contributed by atoms with Crippen LogP contribution < -0.4 is 0 Å². The molecule has 0 bridgehead atoms. The number of aromatic nitrogens is 1. The average Bonchev–Trinajstić information content (AvgIpc) is 2.71. The van der Waals surface area contributed by atoms with Gasteiger partial charge in [0.25, 0.3) is 0 Å². The van der Waals surface area contributed by atoms with Crippen molar-refractivity contribution in [1.82, 2.24) is 9.88 Å². The lowest BCUT2D eigenvalue weighted by atomic mass is 9.84. The summed E-state index contributed by atoms with van der Waals surface area (Å²) in [6.45, 7) is 2.27. The molecule has 0 spiro atoms. The molecule has 3 nitrogen and oxygen atoms in total. The topological polar surface area (TPSA) is 36.4 Å². The highest BCUT2D eigenvalue weighted by atomic mass is 35.5. The van der Waals surface area contributed by atoms with Crippen LogP contribution in [0.5, 0.6) is 0 Å². The smallest absolute Gasteiger partial charge is 0.123 e. The lowest BCUT2D eigenvalue weighted by Gasteiger charge is -2.38. The first-order valence-corrected chi connectivity index (χ1v) is 9.81. The summed E-state index contributed by atoms with van der Waals surface area (Å²) in [6, 6.07) is 18.1. The van der Waals surface area contributed by atoms with Gasteiger partial charge in [-0.05, 0) is 65.9 Å². The summed E-state index contributed by atoms with van der Waals surface area (Å²) in [5.74, 6) is -0.281. The molecule has 0 aliphatic carbocycles. The van der Waals surface area contributed by atoms with E-state index >= 15 is 0 Å². The number of halogens is 2. The molecule has 3 aromatic rings. The molecule has 4 rings (SSSR count). The van der Waals surface area contributed by atoms with Crippen molar-refractivity contribution >= 4 is 11.6 Å². The minimum Gasteiger partial charge on any atom is -0.385 e. The summed E-state index contributed by atoms with van der Waals surface area (Å²) in [5.41, 5.74) is 3.12. The van der Waals surface area contributed by atoms with Crippen LogP contribution in [0, 0.1) is 5.82 Å².